The largest absolute Gasteiger partial charge is 0.388 e. The van der Waals surface area contributed by atoms with Crippen LogP contribution in [0.5, 0.6) is 0 Å². The minimum Gasteiger partial charge on any atom is -0.388 e. The van der Waals surface area contributed by atoms with Crippen LogP contribution in [0.2, 0.25) is 0 Å². The first-order valence-corrected chi connectivity index (χ1v) is 8.33. The molecule has 1 heteroatoms. The molecule has 1 N–H and O–H groups in total. The van der Waals surface area contributed by atoms with Crippen molar-refractivity contribution in [3.8, 4) is 0 Å². The van der Waals surface area contributed by atoms with E-state index in [9.17, 15) is 5.11 Å². The molecule has 0 radical (unpaired) electrons. The van der Waals surface area contributed by atoms with Crippen molar-refractivity contribution in [2.75, 3.05) is 0 Å². The van der Waals surface area contributed by atoms with Gasteiger partial charge in [0.25, 0.3) is 0 Å². The fourth-order valence-corrected chi connectivity index (χ4v) is 2.42. The molecule has 1 atom stereocenters. The number of rotatable bonds is 10. The third-order valence-electron chi connectivity index (χ3n) is 3.64. The molecule has 0 saturated heterocycles. The normalized spacial score (nSPS) is 13.8. The summed E-state index contributed by atoms with van der Waals surface area (Å²) in [6.07, 6.45) is 14.2. The van der Waals surface area contributed by atoms with E-state index in [1.807, 2.05) is 30.3 Å². The number of unbranched alkanes of at least 4 members (excludes halogenated alkanes) is 1. The molecule has 116 valence electrons. The van der Waals surface area contributed by atoms with E-state index in [0.717, 1.165) is 18.4 Å². The molecule has 21 heavy (non-hydrogen) atoms. The van der Waals surface area contributed by atoms with E-state index in [0.29, 0.717) is 6.42 Å². The molecule has 0 heterocycles. The lowest BCUT2D eigenvalue weighted by atomic mass is 10.0. The Morgan fingerprint density at radius 2 is 1.76 bits per heavy atom. The molecule has 1 unspecified atom stereocenters. The lowest BCUT2D eigenvalue weighted by Crippen LogP contribution is -1.94. The Bertz CT molecular complexity index is 417. The molecular weight excluding hydrogens is 256 g/mol. The first kappa shape index (κ1) is 17.7. The second-order valence-electron chi connectivity index (χ2n) is 5.57. The van der Waals surface area contributed by atoms with Gasteiger partial charge in [0.1, 0.15) is 0 Å². The van der Waals surface area contributed by atoms with Gasteiger partial charge in [-0.3, -0.25) is 0 Å². The van der Waals surface area contributed by atoms with Gasteiger partial charge >= 0.3 is 0 Å². The van der Waals surface area contributed by atoms with E-state index in [1.165, 1.54) is 25.7 Å². The van der Waals surface area contributed by atoms with Crippen LogP contribution in [0, 0.1) is 0 Å². The third-order valence-corrected chi connectivity index (χ3v) is 3.64. The summed E-state index contributed by atoms with van der Waals surface area (Å²) in [5, 5.41) is 10.1. The van der Waals surface area contributed by atoms with Crippen molar-refractivity contribution in [3.05, 3.63) is 59.7 Å². The second-order valence-corrected chi connectivity index (χ2v) is 5.57. The molecule has 1 aromatic rings. The average Bonchev–Trinajstić information content (AvgIpc) is 2.52. The summed E-state index contributed by atoms with van der Waals surface area (Å²) in [6.45, 7) is 4.47. The molecule has 0 aromatic heterocycles. The standard InChI is InChI=1S/C20H30O/c1-3-5-13-18(12-4-2)14-8-6-11-17-20(21)19-15-9-7-10-16-19/h6-7,9-11,13,15-16,20-21H,3-5,8,12,14,17H2,1-2H3/b11-6+,18-13+. The molecule has 1 rings (SSSR count). The number of benzene rings is 1. The number of hydrogen-bond acceptors (Lipinski definition) is 1. The molecular formula is C20H30O. The molecule has 0 aliphatic heterocycles. The number of allylic oxidation sites excluding steroid dienone is 3. The highest BCUT2D eigenvalue weighted by molar-refractivity contribution is 5.18. The number of aliphatic hydroxyl groups is 1. The monoisotopic (exact) mass is 286 g/mol. The van der Waals surface area contributed by atoms with Crippen LogP contribution in [-0.4, -0.2) is 5.11 Å². The Morgan fingerprint density at radius 1 is 1.00 bits per heavy atom. The highest BCUT2D eigenvalue weighted by Crippen LogP contribution is 2.18. The molecule has 0 spiro atoms. The van der Waals surface area contributed by atoms with Gasteiger partial charge in [-0.25, -0.2) is 0 Å². The number of aliphatic hydroxyl groups excluding tert-OH is 1. The van der Waals surface area contributed by atoms with Crippen LogP contribution in [0.25, 0.3) is 0 Å². The molecule has 0 bridgehead atoms. The van der Waals surface area contributed by atoms with E-state index in [4.69, 9.17) is 0 Å². The van der Waals surface area contributed by atoms with E-state index in [2.05, 4.69) is 32.1 Å². The first-order chi connectivity index (χ1) is 10.3. The Kier molecular flexibility index (Phi) is 9.56. The van der Waals surface area contributed by atoms with Crippen LogP contribution in [0.15, 0.2) is 54.1 Å². The minimum atomic E-state index is -0.381. The van der Waals surface area contributed by atoms with Crippen molar-refractivity contribution >= 4 is 0 Å². The summed E-state index contributed by atoms with van der Waals surface area (Å²) in [5.74, 6) is 0. The maximum Gasteiger partial charge on any atom is 0.0824 e. The van der Waals surface area contributed by atoms with E-state index >= 15 is 0 Å². The van der Waals surface area contributed by atoms with Gasteiger partial charge in [0.15, 0.2) is 0 Å². The fourth-order valence-electron chi connectivity index (χ4n) is 2.42. The average molecular weight is 286 g/mol. The zero-order valence-corrected chi connectivity index (χ0v) is 13.6. The first-order valence-electron chi connectivity index (χ1n) is 8.33. The van der Waals surface area contributed by atoms with Crippen LogP contribution in [0.1, 0.15) is 70.5 Å². The van der Waals surface area contributed by atoms with Crippen molar-refractivity contribution in [1.82, 2.24) is 0 Å². The summed E-state index contributed by atoms with van der Waals surface area (Å²) < 4.78 is 0. The van der Waals surface area contributed by atoms with Crippen molar-refractivity contribution in [3.63, 3.8) is 0 Å². The lowest BCUT2D eigenvalue weighted by molar-refractivity contribution is 0.181. The van der Waals surface area contributed by atoms with Gasteiger partial charge in [0.05, 0.1) is 6.10 Å². The van der Waals surface area contributed by atoms with Gasteiger partial charge in [-0.1, -0.05) is 80.8 Å². The summed E-state index contributed by atoms with van der Waals surface area (Å²) in [6, 6.07) is 9.87. The predicted octanol–water partition coefficient (Wildman–Crippen LogP) is 5.97. The van der Waals surface area contributed by atoms with Crippen LogP contribution in [0.4, 0.5) is 0 Å². The van der Waals surface area contributed by atoms with E-state index < -0.39 is 0 Å². The van der Waals surface area contributed by atoms with Crippen LogP contribution in [-0.2, 0) is 0 Å². The number of hydrogen-bond donors (Lipinski definition) is 1. The quantitative estimate of drug-likeness (QED) is 0.525. The van der Waals surface area contributed by atoms with Crippen molar-refractivity contribution < 1.29 is 5.11 Å². The van der Waals surface area contributed by atoms with Crippen molar-refractivity contribution in [2.24, 2.45) is 0 Å². The minimum absolute atomic E-state index is 0.381. The van der Waals surface area contributed by atoms with Gasteiger partial charge in [-0.05, 0) is 37.7 Å². The van der Waals surface area contributed by atoms with Crippen LogP contribution in [0.3, 0.4) is 0 Å². The fraction of sp³-hybridized carbons (Fsp3) is 0.500. The van der Waals surface area contributed by atoms with Crippen molar-refractivity contribution in [2.45, 2.75) is 64.9 Å². The predicted molar refractivity (Wildman–Crippen MR) is 92.3 cm³/mol. The molecule has 1 aromatic carbocycles. The van der Waals surface area contributed by atoms with E-state index in [-0.39, 0.29) is 6.10 Å². The van der Waals surface area contributed by atoms with E-state index in [1.54, 1.807) is 5.57 Å². The highest BCUT2D eigenvalue weighted by Gasteiger charge is 2.03. The van der Waals surface area contributed by atoms with Crippen LogP contribution < -0.4 is 0 Å². The van der Waals surface area contributed by atoms with Gasteiger partial charge in [0, 0.05) is 0 Å². The Morgan fingerprint density at radius 3 is 2.43 bits per heavy atom. The molecule has 0 saturated carbocycles. The molecule has 0 fully saturated rings. The zero-order chi connectivity index (χ0) is 15.3. The summed E-state index contributed by atoms with van der Waals surface area (Å²) >= 11 is 0. The topological polar surface area (TPSA) is 20.2 Å². The van der Waals surface area contributed by atoms with Gasteiger partial charge < -0.3 is 5.11 Å². The Balaban J connectivity index is 2.30. The summed E-state index contributed by atoms with van der Waals surface area (Å²) in [5.41, 5.74) is 2.59. The Hall–Kier alpha value is -1.34. The summed E-state index contributed by atoms with van der Waals surface area (Å²) in [4.78, 5) is 0. The smallest absolute Gasteiger partial charge is 0.0824 e. The van der Waals surface area contributed by atoms with Crippen LogP contribution >= 0.6 is 0 Å². The highest BCUT2D eigenvalue weighted by atomic mass is 16.3. The second kappa shape index (κ2) is 11.3. The zero-order valence-electron chi connectivity index (χ0n) is 13.6. The van der Waals surface area contributed by atoms with Gasteiger partial charge in [0.2, 0.25) is 0 Å². The van der Waals surface area contributed by atoms with Crippen molar-refractivity contribution in [1.29, 1.82) is 0 Å². The molecule has 1 nitrogen and oxygen atoms in total. The SMILES string of the molecule is CCC/C=C(\CCC)CC/C=C/CC(O)c1ccccc1. The molecule has 0 aliphatic carbocycles. The lowest BCUT2D eigenvalue weighted by Gasteiger charge is -2.07. The molecule has 0 aliphatic rings. The maximum atomic E-state index is 10.1. The van der Waals surface area contributed by atoms with Gasteiger partial charge in [-0.2, -0.15) is 0 Å². The third kappa shape index (κ3) is 7.87. The van der Waals surface area contributed by atoms with Gasteiger partial charge in [-0.15, -0.1) is 0 Å². The summed E-state index contributed by atoms with van der Waals surface area (Å²) in [7, 11) is 0. The molecule has 0 amide bonds. The Labute approximate surface area is 130 Å². The maximum absolute atomic E-state index is 10.1.